The van der Waals surface area contributed by atoms with Crippen LogP contribution in [0.5, 0.6) is 0 Å². The number of anilines is 1. The Morgan fingerprint density at radius 1 is 1.47 bits per heavy atom. The monoisotopic (exact) mass is 249 g/mol. The molecule has 0 fully saturated rings. The molecule has 0 spiro atoms. The molecule has 2 rings (SSSR count). The van der Waals surface area contributed by atoms with E-state index in [2.05, 4.69) is 36.3 Å². The SMILES string of the molecule is CC(C)(C)c1cc(NC(=O)c2ccsc2)n[nH]1. The van der Waals surface area contributed by atoms with Crippen LogP contribution in [0.3, 0.4) is 0 Å². The van der Waals surface area contributed by atoms with Crippen molar-refractivity contribution >= 4 is 23.1 Å². The molecular formula is C12H15N3OS. The minimum absolute atomic E-state index is 0.00163. The lowest BCUT2D eigenvalue weighted by molar-refractivity contribution is 0.102. The van der Waals surface area contributed by atoms with Crippen molar-refractivity contribution in [2.24, 2.45) is 0 Å². The predicted molar refractivity (Wildman–Crippen MR) is 69.6 cm³/mol. The molecule has 0 aromatic carbocycles. The molecule has 0 saturated heterocycles. The molecule has 2 aromatic rings. The predicted octanol–water partition coefficient (Wildman–Crippen LogP) is 3.02. The van der Waals surface area contributed by atoms with Gasteiger partial charge < -0.3 is 5.32 Å². The van der Waals surface area contributed by atoms with Crippen LogP contribution < -0.4 is 5.32 Å². The van der Waals surface area contributed by atoms with Crippen LogP contribution in [0, 0.1) is 0 Å². The number of thiophene rings is 1. The molecule has 0 bridgehead atoms. The highest BCUT2D eigenvalue weighted by Crippen LogP contribution is 2.22. The Labute approximate surface area is 104 Å². The molecule has 0 aliphatic heterocycles. The first-order chi connectivity index (χ1) is 7.97. The smallest absolute Gasteiger partial charge is 0.257 e. The van der Waals surface area contributed by atoms with Gasteiger partial charge in [0.2, 0.25) is 0 Å². The minimum Gasteiger partial charge on any atom is -0.305 e. The molecule has 5 heteroatoms. The van der Waals surface area contributed by atoms with Gasteiger partial charge in [0.05, 0.1) is 5.56 Å². The van der Waals surface area contributed by atoms with Gasteiger partial charge in [0.1, 0.15) is 0 Å². The molecule has 17 heavy (non-hydrogen) atoms. The van der Waals surface area contributed by atoms with Crippen molar-refractivity contribution in [1.29, 1.82) is 0 Å². The zero-order valence-electron chi connectivity index (χ0n) is 10.1. The Bertz CT molecular complexity index is 508. The highest BCUT2D eigenvalue weighted by molar-refractivity contribution is 7.08. The topological polar surface area (TPSA) is 57.8 Å². The molecule has 0 atom stereocenters. The van der Waals surface area contributed by atoms with E-state index in [1.807, 2.05) is 16.8 Å². The second-order valence-electron chi connectivity index (χ2n) is 4.88. The molecule has 0 aliphatic rings. The zero-order valence-corrected chi connectivity index (χ0v) is 10.9. The van der Waals surface area contributed by atoms with Crippen molar-refractivity contribution in [3.63, 3.8) is 0 Å². The van der Waals surface area contributed by atoms with Crippen molar-refractivity contribution in [1.82, 2.24) is 10.2 Å². The summed E-state index contributed by atoms with van der Waals surface area (Å²) in [6, 6.07) is 3.65. The van der Waals surface area contributed by atoms with Crippen molar-refractivity contribution in [3.05, 3.63) is 34.2 Å². The Morgan fingerprint density at radius 3 is 2.76 bits per heavy atom. The quantitative estimate of drug-likeness (QED) is 0.859. The average Bonchev–Trinajstić information content (AvgIpc) is 2.85. The lowest BCUT2D eigenvalue weighted by atomic mass is 9.92. The maximum absolute atomic E-state index is 11.8. The number of H-pyrrole nitrogens is 1. The van der Waals surface area contributed by atoms with Crippen LogP contribution in [0.15, 0.2) is 22.9 Å². The van der Waals surface area contributed by atoms with E-state index in [1.54, 1.807) is 6.07 Å². The lowest BCUT2D eigenvalue weighted by Gasteiger charge is -2.14. The Balaban J connectivity index is 2.10. The Morgan fingerprint density at radius 2 is 2.24 bits per heavy atom. The molecule has 0 radical (unpaired) electrons. The van der Waals surface area contributed by atoms with Gasteiger partial charge in [-0.05, 0) is 11.4 Å². The van der Waals surface area contributed by atoms with Crippen LogP contribution >= 0.6 is 11.3 Å². The summed E-state index contributed by atoms with van der Waals surface area (Å²) < 4.78 is 0. The number of aromatic amines is 1. The summed E-state index contributed by atoms with van der Waals surface area (Å²) in [7, 11) is 0. The van der Waals surface area contributed by atoms with E-state index in [1.165, 1.54) is 11.3 Å². The number of carbonyl (C=O) groups excluding carboxylic acids is 1. The van der Waals surface area contributed by atoms with E-state index < -0.39 is 0 Å². The van der Waals surface area contributed by atoms with E-state index in [0.717, 1.165) is 5.69 Å². The average molecular weight is 249 g/mol. The highest BCUT2D eigenvalue weighted by atomic mass is 32.1. The highest BCUT2D eigenvalue weighted by Gasteiger charge is 2.17. The van der Waals surface area contributed by atoms with Gasteiger partial charge in [-0.15, -0.1) is 0 Å². The summed E-state index contributed by atoms with van der Waals surface area (Å²) in [6.45, 7) is 6.26. The van der Waals surface area contributed by atoms with Gasteiger partial charge in [0.25, 0.3) is 5.91 Å². The van der Waals surface area contributed by atoms with Crippen molar-refractivity contribution in [2.45, 2.75) is 26.2 Å². The second-order valence-corrected chi connectivity index (χ2v) is 5.66. The summed E-state index contributed by atoms with van der Waals surface area (Å²) >= 11 is 1.50. The first kappa shape index (κ1) is 11.9. The van der Waals surface area contributed by atoms with E-state index in [0.29, 0.717) is 11.4 Å². The summed E-state index contributed by atoms with van der Waals surface area (Å²) in [5.41, 5.74) is 1.66. The second kappa shape index (κ2) is 4.33. The third-order valence-electron chi connectivity index (χ3n) is 2.41. The van der Waals surface area contributed by atoms with E-state index in [9.17, 15) is 4.79 Å². The van der Waals surface area contributed by atoms with Gasteiger partial charge in [-0.3, -0.25) is 9.89 Å². The molecule has 1 amide bonds. The number of nitrogens with one attached hydrogen (secondary N) is 2. The molecule has 0 aliphatic carbocycles. The van der Waals surface area contributed by atoms with Crippen molar-refractivity contribution in [2.75, 3.05) is 5.32 Å². The van der Waals surface area contributed by atoms with Gasteiger partial charge in [-0.25, -0.2) is 0 Å². The van der Waals surface area contributed by atoms with Gasteiger partial charge >= 0.3 is 0 Å². The van der Waals surface area contributed by atoms with Crippen molar-refractivity contribution in [3.8, 4) is 0 Å². The molecule has 2 N–H and O–H groups in total. The first-order valence-corrected chi connectivity index (χ1v) is 6.30. The maximum atomic E-state index is 11.8. The van der Waals surface area contributed by atoms with Crippen molar-refractivity contribution < 1.29 is 4.79 Å². The van der Waals surface area contributed by atoms with Crippen LogP contribution in [0.4, 0.5) is 5.82 Å². The molecule has 2 heterocycles. The normalized spacial score (nSPS) is 11.5. The van der Waals surface area contributed by atoms with Crippen LogP contribution in [-0.2, 0) is 5.41 Å². The lowest BCUT2D eigenvalue weighted by Crippen LogP contribution is -2.12. The summed E-state index contributed by atoms with van der Waals surface area (Å²) in [4.78, 5) is 11.8. The number of hydrogen-bond donors (Lipinski definition) is 2. The minimum atomic E-state index is -0.127. The number of hydrogen-bond acceptors (Lipinski definition) is 3. The Kier molecular flexibility index (Phi) is 3.02. The first-order valence-electron chi connectivity index (χ1n) is 5.36. The third kappa shape index (κ3) is 2.74. The summed E-state index contributed by atoms with van der Waals surface area (Å²) in [5.74, 6) is 0.435. The molecule has 0 saturated carbocycles. The number of carbonyl (C=O) groups is 1. The number of amides is 1. The molecular weight excluding hydrogens is 234 g/mol. The molecule has 2 aromatic heterocycles. The third-order valence-corrected chi connectivity index (χ3v) is 3.09. The molecule has 90 valence electrons. The van der Waals surface area contributed by atoms with E-state index in [4.69, 9.17) is 0 Å². The number of rotatable bonds is 2. The zero-order chi connectivity index (χ0) is 12.5. The Hall–Kier alpha value is -1.62. The van der Waals surface area contributed by atoms with Crippen LogP contribution in [0.2, 0.25) is 0 Å². The van der Waals surface area contributed by atoms with Gasteiger partial charge in [-0.1, -0.05) is 20.8 Å². The van der Waals surface area contributed by atoms with E-state index in [-0.39, 0.29) is 11.3 Å². The van der Waals surface area contributed by atoms with Gasteiger partial charge in [0.15, 0.2) is 5.82 Å². The van der Waals surface area contributed by atoms with Crippen LogP contribution in [0.1, 0.15) is 36.8 Å². The number of nitrogens with zero attached hydrogens (tertiary/aromatic N) is 1. The molecule has 0 unspecified atom stereocenters. The molecule has 4 nitrogen and oxygen atoms in total. The van der Waals surface area contributed by atoms with Crippen LogP contribution in [-0.4, -0.2) is 16.1 Å². The standard InChI is InChI=1S/C12H15N3OS/c1-12(2,3)9-6-10(15-14-9)13-11(16)8-4-5-17-7-8/h4-7H,1-3H3,(H2,13,14,15,16). The number of aromatic nitrogens is 2. The van der Waals surface area contributed by atoms with E-state index >= 15 is 0 Å². The fourth-order valence-corrected chi connectivity index (χ4v) is 1.99. The fourth-order valence-electron chi connectivity index (χ4n) is 1.35. The fraction of sp³-hybridized carbons (Fsp3) is 0.333. The van der Waals surface area contributed by atoms with Crippen LogP contribution in [0.25, 0.3) is 0 Å². The van der Waals surface area contributed by atoms with Gasteiger partial charge in [0, 0.05) is 22.6 Å². The summed E-state index contributed by atoms with van der Waals surface area (Å²) in [5, 5.41) is 13.5. The largest absolute Gasteiger partial charge is 0.305 e. The maximum Gasteiger partial charge on any atom is 0.257 e. The van der Waals surface area contributed by atoms with Gasteiger partial charge in [-0.2, -0.15) is 16.4 Å². The summed E-state index contributed by atoms with van der Waals surface area (Å²) in [6.07, 6.45) is 0.